The molecule has 1 aromatic carbocycles. The fourth-order valence-electron chi connectivity index (χ4n) is 0.937. The predicted molar refractivity (Wildman–Crippen MR) is 59.3 cm³/mol. The maximum absolute atomic E-state index is 5.58. The van der Waals surface area contributed by atoms with Crippen LogP contribution in [0.25, 0.3) is 0 Å². The highest BCUT2D eigenvalue weighted by Crippen LogP contribution is 2.25. The lowest BCUT2D eigenvalue weighted by molar-refractivity contribution is 0.658. The summed E-state index contributed by atoms with van der Waals surface area (Å²) >= 11 is 1.63. The second-order valence-electron chi connectivity index (χ2n) is 2.50. The molecule has 0 spiro atoms. The molecule has 0 fully saturated rings. The maximum atomic E-state index is 5.58. The van der Waals surface area contributed by atoms with Crippen LogP contribution in [0.4, 0.5) is 0 Å². The van der Waals surface area contributed by atoms with Gasteiger partial charge in [0.1, 0.15) is 8.81 Å². The van der Waals surface area contributed by atoms with Gasteiger partial charge in [0, 0.05) is 5.30 Å². The molecule has 1 nitrogen and oxygen atoms in total. The lowest BCUT2D eigenvalue weighted by Gasteiger charge is -2.01. The molecule has 13 heavy (non-hydrogen) atoms. The highest BCUT2D eigenvalue weighted by molar-refractivity contribution is 7.42. The van der Waals surface area contributed by atoms with E-state index < -0.39 is 0 Å². The van der Waals surface area contributed by atoms with E-state index in [1.54, 1.807) is 11.3 Å². The van der Waals surface area contributed by atoms with E-state index in [9.17, 15) is 0 Å². The molecule has 1 heterocycles. The minimum Gasteiger partial charge on any atom is -0.462 e. The Morgan fingerprint density at radius 1 is 1.00 bits per heavy atom. The summed E-state index contributed by atoms with van der Waals surface area (Å²) in [6, 6.07) is 14.2. The first-order valence-electron chi connectivity index (χ1n) is 3.96. The van der Waals surface area contributed by atoms with Crippen LogP contribution in [0.15, 0.2) is 47.8 Å². The highest BCUT2D eigenvalue weighted by Gasteiger charge is 1.94. The molecule has 1 aromatic heterocycles. The third-order valence-electron chi connectivity index (χ3n) is 1.54. The molecule has 3 heteroatoms. The Morgan fingerprint density at radius 3 is 2.54 bits per heavy atom. The summed E-state index contributed by atoms with van der Waals surface area (Å²) in [7, 11) is 0.409. The van der Waals surface area contributed by atoms with Crippen molar-refractivity contribution >= 4 is 25.4 Å². The van der Waals surface area contributed by atoms with Crippen molar-refractivity contribution in [2.24, 2.45) is 0 Å². The zero-order valence-corrected chi connectivity index (χ0v) is 8.75. The van der Waals surface area contributed by atoms with Crippen molar-refractivity contribution < 1.29 is 4.52 Å². The molecular weight excluding hydrogens is 199 g/mol. The Morgan fingerprint density at radius 2 is 1.85 bits per heavy atom. The van der Waals surface area contributed by atoms with E-state index in [1.807, 2.05) is 35.7 Å². The molecule has 1 atom stereocenters. The first-order valence-corrected chi connectivity index (χ1v) is 5.75. The van der Waals surface area contributed by atoms with E-state index in [4.69, 9.17) is 4.52 Å². The van der Waals surface area contributed by atoms with Crippen LogP contribution in [0.1, 0.15) is 0 Å². The fourth-order valence-corrected chi connectivity index (χ4v) is 2.32. The maximum Gasteiger partial charge on any atom is 0.177 e. The first-order chi connectivity index (χ1) is 6.45. The number of thiophene rings is 1. The van der Waals surface area contributed by atoms with Crippen LogP contribution < -0.4 is 9.83 Å². The molecule has 0 radical (unpaired) electrons. The van der Waals surface area contributed by atoms with Crippen molar-refractivity contribution in [3.63, 3.8) is 0 Å². The zero-order chi connectivity index (χ0) is 8.93. The van der Waals surface area contributed by atoms with E-state index in [0.29, 0.717) is 8.81 Å². The lowest BCUT2D eigenvalue weighted by atomic mass is 10.4. The SMILES string of the molecule is c1ccc(POc2cccs2)cc1. The quantitative estimate of drug-likeness (QED) is 0.704. The second-order valence-corrected chi connectivity index (χ2v) is 4.40. The third kappa shape index (κ3) is 2.55. The van der Waals surface area contributed by atoms with Crippen LogP contribution in [0.2, 0.25) is 0 Å². The Bertz CT molecular complexity index is 344. The highest BCUT2D eigenvalue weighted by atomic mass is 32.1. The van der Waals surface area contributed by atoms with Gasteiger partial charge >= 0.3 is 0 Å². The Hall–Kier alpha value is -0.850. The van der Waals surface area contributed by atoms with Gasteiger partial charge in [-0.1, -0.05) is 30.3 Å². The Kier molecular flexibility index (Phi) is 2.96. The Balaban J connectivity index is 1.94. The molecule has 0 aliphatic rings. The van der Waals surface area contributed by atoms with Gasteiger partial charge in [-0.15, -0.1) is 11.3 Å². The average Bonchev–Trinajstić information content (AvgIpc) is 2.69. The number of hydrogen-bond donors (Lipinski definition) is 0. The molecule has 1 unspecified atom stereocenters. The van der Waals surface area contributed by atoms with Gasteiger partial charge in [-0.25, -0.2) is 0 Å². The Labute approximate surface area is 83.2 Å². The van der Waals surface area contributed by atoms with Crippen LogP contribution in [0.3, 0.4) is 0 Å². The summed E-state index contributed by atoms with van der Waals surface area (Å²) in [4.78, 5) is 0. The van der Waals surface area contributed by atoms with Crippen LogP contribution in [0, 0.1) is 0 Å². The van der Waals surface area contributed by atoms with Crippen LogP contribution in [0.5, 0.6) is 5.06 Å². The molecule has 0 bridgehead atoms. The molecule has 2 rings (SSSR count). The van der Waals surface area contributed by atoms with E-state index in [0.717, 1.165) is 5.06 Å². The van der Waals surface area contributed by atoms with Crippen molar-refractivity contribution in [3.8, 4) is 5.06 Å². The smallest absolute Gasteiger partial charge is 0.177 e. The molecule has 2 aromatic rings. The topological polar surface area (TPSA) is 9.23 Å². The van der Waals surface area contributed by atoms with Crippen molar-refractivity contribution in [2.45, 2.75) is 0 Å². The lowest BCUT2D eigenvalue weighted by Crippen LogP contribution is -1.93. The molecule has 0 N–H and O–H groups in total. The summed E-state index contributed by atoms with van der Waals surface area (Å²) in [6.45, 7) is 0. The number of rotatable bonds is 3. The van der Waals surface area contributed by atoms with E-state index in [2.05, 4.69) is 12.1 Å². The van der Waals surface area contributed by atoms with Crippen LogP contribution in [-0.2, 0) is 0 Å². The molecule has 0 saturated carbocycles. The van der Waals surface area contributed by atoms with E-state index in [1.165, 1.54) is 5.30 Å². The standard InChI is InChI=1S/C10H9OPS/c1-2-5-9(6-3-1)12-11-10-7-4-8-13-10/h1-8,12H. The van der Waals surface area contributed by atoms with Gasteiger partial charge in [-0.2, -0.15) is 0 Å². The monoisotopic (exact) mass is 208 g/mol. The molecule has 66 valence electrons. The molecule has 0 amide bonds. The predicted octanol–water partition coefficient (Wildman–Crippen LogP) is 3.05. The van der Waals surface area contributed by atoms with E-state index >= 15 is 0 Å². The van der Waals surface area contributed by atoms with Crippen molar-refractivity contribution in [1.82, 2.24) is 0 Å². The normalized spacial score (nSPS) is 10.8. The van der Waals surface area contributed by atoms with Gasteiger partial charge in [0.2, 0.25) is 0 Å². The molecule has 0 aliphatic carbocycles. The largest absolute Gasteiger partial charge is 0.462 e. The fraction of sp³-hybridized carbons (Fsp3) is 0. The second kappa shape index (κ2) is 4.40. The summed E-state index contributed by atoms with van der Waals surface area (Å²) in [5.74, 6) is 0. The van der Waals surface area contributed by atoms with Gasteiger partial charge in [-0.05, 0) is 17.5 Å². The summed E-state index contributed by atoms with van der Waals surface area (Å²) < 4.78 is 5.58. The minimum atomic E-state index is 0.409. The third-order valence-corrected chi connectivity index (χ3v) is 3.32. The zero-order valence-electron chi connectivity index (χ0n) is 6.94. The molecule has 0 aliphatic heterocycles. The van der Waals surface area contributed by atoms with Gasteiger partial charge < -0.3 is 4.52 Å². The number of hydrogen-bond acceptors (Lipinski definition) is 2. The van der Waals surface area contributed by atoms with Gasteiger partial charge in [-0.3, -0.25) is 0 Å². The minimum absolute atomic E-state index is 0.409. The molecular formula is C10H9OPS. The molecule has 0 saturated heterocycles. The van der Waals surface area contributed by atoms with Crippen molar-refractivity contribution in [2.75, 3.05) is 0 Å². The first kappa shape index (κ1) is 8.74. The van der Waals surface area contributed by atoms with Gasteiger partial charge in [0.25, 0.3) is 0 Å². The number of benzene rings is 1. The summed E-state index contributed by atoms with van der Waals surface area (Å²) in [5, 5.41) is 4.24. The van der Waals surface area contributed by atoms with Gasteiger partial charge in [0.15, 0.2) is 5.06 Å². The van der Waals surface area contributed by atoms with Crippen molar-refractivity contribution in [3.05, 3.63) is 47.8 Å². The van der Waals surface area contributed by atoms with Gasteiger partial charge in [0.05, 0.1) is 0 Å². The van der Waals surface area contributed by atoms with Crippen molar-refractivity contribution in [1.29, 1.82) is 0 Å². The van der Waals surface area contributed by atoms with Crippen LogP contribution in [-0.4, -0.2) is 0 Å². The van der Waals surface area contributed by atoms with Crippen LogP contribution >= 0.6 is 20.1 Å². The van der Waals surface area contributed by atoms with E-state index in [-0.39, 0.29) is 0 Å². The summed E-state index contributed by atoms with van der Waals surface area (Å²) in [6.07, 6.45) is 0. The average molecular weight is 208 g/mol. The summed E-state index contributed by atoms with van der Waals surface area (Å²) in [5.41, 5.74) is 0.